The maximum Gasteiger partial charge on any atom is 0.164 e. The zero-order valence-electron chi connectivity index (χ0n) is 31.9. The Bertz CT molecular complexity index is 2670. The molecule has 0 amide bonds. The van der Waals surface area contributed by atoms with Crippen LogP contribution in [0, 0.1) is 5.41 Å². The topological polar surface area (TPSA) is 79.5 Å². The fourth-order valence-corrected chi connectivity index (χ4v) is 7.81. The molecule has 6 heteroatoms. The van der Waals surface area contributed by atoms with E-state index in [1.807, 2.05) is 36.4 Å². The molecule has 0 bridgehead atoms. The molecule has 4 aliphatic carbocycles. The third kappa shape index (κ3) is 7.67. The summed E-state index contributed by atoms with van der Waals surface area (Å²) in [6, 6.07) is 25.6. The van der Waals surface area contributed by atoms with E-state index in [4.69, 9.17) is 20.4 Å². The summed E-state index contributed by atoms with van der Waals surface area (Å²) in [6.07, 6.45) is 41.9. The van der Waals surface area contributed by atoms with Gasteiger partial charge in [-0.05, 0) is 67.5 Å². The van der Waals surface area contributed by atoms with Crippen LogP contribution in [0.1, 0.15) is 55.6 Å². The second kappa shape index (κ2) is 16.4. The van der Waals surface area contributed by atoms with Crippen molar-refractivity contribution in [2.45, 2.75) is 44.6 Å². The minimum Gasteiger partial charge on any atom is -0.384 e. The number of nitrogens with one attached hydrogen (secondary N) is 2. The van der Waals surface area contributed by atoms with Crippen molar-refractivity contribution in [1.82, 2.24) is 24.8 Å². The highest BCUT2D eigenvalue weighted by Crippen LogP contribution is 2.41. The molecule has 6 nitrogen and oxygen atoms in total. The van der Waals surface area contributed by atoms with Crippen LogP contribution in [0.2, 0.25) is 0 Å². The quantitative estimate of drug-likeness (QED) is 0.163. The smallest absolute Gasteiger partial charge is 0.164 e. The number of rotatable bonds is 7. The van der Waals surface area contributed by atoms with Crippen molar-refractivity contribution in [2.24, 2.45) is 0 Å². The Kier molecular flexibility index (Phi) is 10.3. The van der Waals surface area contributed by atoms with Crippen LogP contribution in [0.4, 0.5) is 0 Å². The summed E-state index contributed by atoms with van der Waals surface area (Å²) in [6.45, 7) is 0. The van der Waals surface area contributed by atoms with E-state index in [2.05, 4.69) is 150 Å². The van der Waals surface area contributed by atoms with Gasteiger partial charge in [0.25, 0.3) is 0 Å². The van der Waals surface area contributed by atoms with Crippen LogP contribution in [0.3, 0.4) is 0 Å². The molecule has 5 aromatic rings. The van der Waals surface area contributed by atoms with Crippen LogP contribution in [0.25, 0.3) is 67.7 Å². The van der Waals surface area contributed by atoms with E-state index in [0.29, 0.717) is 23.2 Å². The molecule has 0 saturated heterocycles. The number of aromatic nitrogens is 4. The average Bonchev–Trinajstić information content (AvgIpc) is 3.33. The predicted molar refractivity (Wildman–Crippen MR) is 238 cm³/mol. The molecule has 57 heavy (non-hydrogen) atoms. The molecule has 2 N–H and O–H groups in total. The zero-order chi connectivity index (χ0) is 38.4. The molecule has 0 fully saturated rings. The lowest BCUT2D eigenvalue weighted by Gasteiger charge is -2.20. The highest BCUT2D eigenvalue weighted by molar-refractivity contribution is 6.32. The summed E-state index contributed by atoms with van der Waals surface area (Å²) in [5.74, 6) is 1.96. The standard InChI is InChI=1S/C51H44N6/c52-46-31-30-43-44-34-39(29-32-47(44)57(42-27-16-5-2-6-17-28-42)48(43)45(46)35-53-41-25-14-7-8-15-26-41)38-23-18-24-40(33-38)51-55-49(36-19-10-3-1-4-11-20-36)54-50(56-51)37-21-12-9-13-22-37/h1-3,5-9,11-14,16,18-25,28-35,41,52-53H,4,10,15,17,26-27H2/b3-1-,6-2-,16-5-,20-11-,36-19?,42-28+,45-35+,52-46?. The lowest BCUT2D eigenvalue weighted by atomic mass is 9.94. The summed E-state index contributed by atoms with van der Waals surface area (Å²) in [7, 11) is 0. The van der Waals surface area contributed by atoms with Crippen LogP contribution in [-0.2, 0) is 0 Å². The van der Waals surface area contributed by atoms with E-state index in [1.54, 1.807) is 0 Å². The summed E-state index contributed by atoms with van der Waals surface area (Å²) < 4.78 is 2.39. The van der Waals surface area contributed by atoms with E-state index in [-0.39, 0.29) is 6.04 Å². The largest absolute Gasteiger partial charge is 0.384 e. The molecule has 0 saturated carbocycles. The molecule has 1 atom stereocenters. The Morgan fingerprint density at radius 2 is 1.42 bits per heavy atom. The van der Waals surface area contributed by atoms with Crippen molar-refractivity contribution in [1.29, 1.82) is 5.41 Å². The van der Waals surface area contributed by atoms with Gasteiger partial charge in [-0.3, -0.25) is 0 Å². The molecule has 1 unspecified atom stereocenters. The molecular weight excluding hydrogens is 697 g/mol. The van der Waals surface area contributed by atoms with E-state index >= 15 is 0 Å². The van der Waals surface area contributed by atoms with Crippen molar-refractivity contribution >= 4 is 39.5 Å². The Hall–Kier alpha value is -6.92. The Morgan fingerprint density at radius 3 is 2.35 bits per heavy atom. The highest BCUT2D eigenvalue weighted by atomic mass is 15.0. The lowest BCUT2D eigenvalue weighted by Crippen LogP contribution is -2.23. The summed E-state index contributed by atoms with van der Waals surface area (Å²) >= 11 is 0. The van der Waals surface area contributed by atoms with Gasteiger partial charge in [0.15, 0.2) is 17.5 Å². The molecule has 0 aliphatic heterocycles. The van der Waals surface area contributed by atoms with Gasteiger partial charge in [-0.25, -0.2) is 15.0 Å². The molecule has 0 radical (unpaired) electrons. The van der Waals surface area contributed by atoms with Crippen molar-refractivity contribution in [3.05, 3.63) is 187 Å². The second-order valence-corrected chi connectivity index (χ2v) is 14.5. The fraction of sp³-hybridized carbons (Fsp3) is 0.137. The maximum atomic E-state index is 9.14. The number of nitrogens with zero attached hydrogens (tertiary/aromatic N) is 4. The van der Waals surface area contributed by atoms with Crippen LogP contribution in [0.5, 0.6) is 0 Å². The van der Waals surface area contributed by atoms with Gasteiger partial charge in [0.05, 0.1) is 16.9 Å². The second-order valence-electron chi connectivity index (χ2n) is 14.5. The third-order valence-electron chi connectivity index (χ3n) is 10.7. The molecule has 2 aromatic heterocycles. The van der Waals surface area contributed by atoms with Gasteiger partial charge in [-0.1, -0.05) is 146 Å². The van der Waals surface area contributed by atoms with Gasteiger partial charge in [0.1, 0.15) is 0 Å². The van der Waals surface area contributed by atoms with Crippen molar-refractivity contribution < 1.29 is 0 Å². The number of fused-ring (bicyclic) bond motifs is 3. The third-order valence-corrected chi connectivity index (χ3v) is 10.7. The minimum absolute atomic E-state index is 0.200. The Balaban J connectivity index is 1.16. The van der Waals surface area contributed by atoms with Crippen molar-refractivity contribution in [2.75, 3.05) is 0 Å². The number of benzene rings is 3. The SMILES string of the molecule is N=C1C=Cc2c(n(/C3=C/C/C=C\C=C/C3)c3ccc(-c4cccc(-c5nc(C6=CC/C=C\C/C=C\6)nc(-c6ccccc6)n5)c4)cc23)/C1=C/NC1C=CC=CCC1. The predicted octanol–water partition coefficient (Wildman–Crippen LogP) is 12.1. The van der Waals surface area contributed by atoms with Crippen LogP contribution in [0.15, 0.2) is 170 Å². The van der Waals surface area contributed by atoms with E-state index in [9.17, 15) is 0 Å². The average molecular weight is 741 g/mol. The van der Waals surface area contributed by atoms with Crippen molar-refractivity contribution in [3.63, 3.8) is 0 Å². The first kappa shape index (κ1) is 35.8. The molecule has 2 heterocycles. The zero-order valence-corrected chi connectivity index (χ0v) is 31.9. The Labute approximate surface area is 334 Å². The number of hydrogen-bond acceptors (Lipinski definition) is 5. The first-order valence-corrected chi connectivity index (χ1v) is 19.9. The molecule has 278 valence electrons. The van der Waals surface area contributed by atoms with Gasteiger partial charge in [-0.2, -0.15) is 0 Å². The first-order chi connectivity index (χ1) is 28.2. The molecule has 0 spiro atoms. The normalized spacial score (nSPS) is 21.6. The molecule has 4 aliphatic rings. The van der Waals surface area contributed by atoms with Gasteiger partial charge in [0.2, 0.25) is 0 Å². The van der Waals surface area contributed by atoms with Crippen LogP contribution in [-0.4, -0.2) is 31.3 Å². The highest BCUT2D eigenvalue weighted by Gasteiger charge is 2.26. The Morgan fingerprint density at radius 1 is 0.649 bits per heavy atom. The summed E-state index contributed by atoms with van der Waals surface area (Å²) in [5.41, 5.74) is 10.9. The van der Waals surface area contributed by atoms with Crippen LogP contribution < -0.4 is 5.32 Å². The molecule has 9 rings (SSSR count). The van der Waals surface area contributed by atoms with Gasteiger partial charge < -0.3 is 15.3 Å². The van der Waals surface area contributed by atoms with Crippen LogP contribution >= 0.6 is 0 Å². The number of hydrogen-bond donors (Lipinski definition) is 2. The van der Waals surface area contributed by atoms with E-state index < -0.39 is 0 Å². The van der Waals surface area contributed by atoms with Crippen molar-refractivity contribution in [3.8, 4) is 33.9 Å². The molecular formula is C51H44N6. The summed E-state index contributed by atoms with van der Waals surface area (Å²) in [4.78, 5) is 15.1. The minimum atomic E-state index is 0.200. The fourth-order valence-electron chi connectivity index (χ4n) is 7.81. The van der Waals surface area contributed by atoms with E-state index in [1.165, 1.54) is 5.70 Å². The lowest BCUT2D eigenvalue weighted by molar-refractivity contribution is 0.650. The van der Waals surface area contributed by atoms with E-state index in [0.717, 1.165) is 94.1 Å². The van der Waals surface area contributed by atoms with Gasteiger partial charge in [-0.15, -0.1) is 0 Å². The van der Waals surface area contributed by atoms with Gasteiger partial charge >= 0.3 is 0 Å². The first-order valence-electron chi connectivity index (χ1n) is 19.9. The maximum absolute atomic E-state index is 9.14. The summed E-state index contributed by atoms with van der Waals surface area (Å²) in [5, 5.41) is 13.9. The number of allylic oxidation sites excluding steroid dienone is 17. The molecule has 3 aromatic carbocycles. The monoisotopic (exact) mass is 740 g/mol. The van der Waals surface area contributed by atoms with Gasteiger partial charge in [0, 0.05) is 57.6 Å².